The van der Waals surface area contributed by atoms with Crippen LogP contribution in [0.15, 0.2) is 48.5 Å². The van der Waals surface area contributed by atoms with E-state index in [1.54, 1.807) is 0 Å². The summed E-state index contributed by atoms with van der Waals surface area (Å²) in [5.74, 6) is -0.371. The first-order valence-corrected chi connectivity index (χ1v) is 11.2. The van der Waals surface area contributed by atoms with E-state index in [1.165, 1.54) is 0 Å². The second-order valence-electron chi connectivity index (χ2n) is 8.45. The molecule has 31 heavy (non-hydrogen) atoms. The molecular formula is C25H34N4O2. The third kappa shape index (κ3) is 6.56. The Morgan fingerprint density at radius 1 is 1.13 bits per heavy atom. The van der Waals surface area contributed by atoms with Crippen LogP contribution in [0, 0.1) is 5.92 Å². The van der Waals surface area contributed by atoms with Crippen LogP contribution in [-0.4, -0.2) is 43.4 Å². The van der Waals surface area contributed by atoms with E-state index in [0.29, 0.717) is 5.56 Å². The topological polar surface area (TPSA) is 78.7 Å². The number of piperidine rings is 1. The highest BCUT2D eigenvalue weighted by Crippen LogP contribution is 2.20. The molecule has 0 bridgehead atoms. The zero-order valence-corrected chi connectivity index (χ0v) is 18.6. The highest BCUT2D eigenvalue weighted by molar-refractivity contribution is 6.04. The van der Waals surface area contributed by atoms with Crippen molar-refractivity contribution in [2.45, 2.75) is 39.2 Å². The largest absolute Gasteiger partial charge is 0.375 e. The molecule has 1 fully saturated rings. The third-order valence-corrected chi connectivity index (χ3v) is 5.94. The van der Waals surface area contributed by atoms with Gasteiger partial charge < -0.3 is 16.0 Å². The highest BCUT2D eigenvalue weighted by Gasteiger charge is 2.23. The van der Waals surface area contributed by atoms with Crippen LogP contribution in [0.2, 0.25) is 0 Å². The fourth-order valence-corrected chi connectivity index (χ4v) is 3.98. The number of hydrogen-bond donors (Lipinski definition) is 2. The Morgan fingerprint density at radius 3 is 2.48 bits per heavy atom. The van der Waals surface area contributed by atoms with Crippen LogP contribution in [0.25, 0.3) is 0 Å². The standard InChI is InChI=1S/C25H34N4O2/c1-3-4-15-28(2)23-13-9-20(10-14-23)25(31)27-22-11-7-19(8-12-22)17-29-16-5-6-21(18-29)24(26)30/h7-14,21H,3-6,15-18H2,1-2H3,(H2,26,30)(H,27,31). The Bertz CT molecular complexity index is 864. The Balaban J connectivity index is 1.53. The summed E-state index contributed by atoms with van der Waals surface area (Å²) >= 11 is 0. The first-order valence-electron chi connectivity index (χ1n) is 11.2. The van der Waals surface area contributed by atoms with E-state index in [0.717, 1.165) is 68.8 Å². The van der Waals surface area contributed by atoms with Crippen molar-refractivity contribution in [2.24, 2.45) is 11.7 Å². The normalized spacial score (nSPS) is 16.6. The van der Waals surface area contributed by atoms with Gasteiger partial charge in [0.15, 0.2) is 0 Å². The minimum Gasteiger partial charge on any atom is -0.375 e. The molecule has 2 amide bonds. The second kappa shape index (κ2) is 11.0. The molecule has 6 nitrogen and oxygen atoms in total. The molecule has 1 saturated heterocycles. The number of carbonyl (C=O) groups is 2. The summed E-state index contributed by atoms with van der Waals surface area (Å²) in [7, 11) is 2.07. The average Bonchev–Trinajstić information content (AvgIpc) is 2.79. The molecule has 3 N–H and O–H groups in total. The molecular weight excluding hydrogens is 388 g/mol. The van der Waals surface area contributed by atoms with Gasteiger partial charge in [-0.3, -0.25) is 14.5 Å². The van der Waals surface area contributed by atoms with Crippen molar-refractivity contribution in [1.29, 1.82) is 0 Å². The number of nitrogens with two attached hydrogens (primary N) is 1. The molecule has 2 aromatic carbocycles. The fourth-order valence-electron chi connectivity index (χ4n) is 3.98. The number of nitrogens with zero attached hydrogens (tertiary/aromatic N) is 2. The molecule has 0 aromatic heterocycles. The lowest BCUT2D eigenvalue weighted by Gasteiger charge is -2.31. The SMILES string of the molecule is CCCCN(C)c1ccc(C(=O)Nc2ccc(CN3CCCC(C(N)=O)C3)cc2)cc1. The zero-order chi connectivity index (χ0) is 22.2. The van der Waals surface area contributed by atoms with Gasteiger partial charge in [-0.25, -0.2) is 0 Å². The summed E-state index contributed by atoms with van der Waals surface area (Å²) in [5, 5.41) is 2.97. The van der Waals surface area contributed by atoms with Gasteiger partial charge in [0.25, 0.3) is 5.91 Å². The molecule has 0 radical (unpaired) electrons. The molecule has 0 aliphatic carbocycles. The predicted octanol–water partition coefficient (Wildman–Crippen LogP) is 3.87. The maximum atomic E-state index is 12.6. The molecule has 166 valence electrons. The van der Waals surface area contributed by atoms with Crippen LogP contribution >= 0.6 is 0 Å². The summed E-state index contributed by atoms with van der Waals surface area (Å²) in [6.45, 7) is 5.67. The maximum absolute atomic E-state index is 12.6. The van der Waals surface area contributed by atoms with Crippen molar-refractivity contribution < 1.29 is 9.59 Å². The average molecular weight is 423 g/mol. The van der Waals surface area contributed by atoms with Crippen LogP contribution < -0.4 is 16.0 Å². The van der Waals surface area contributed by atoms with Gasteiger partial charge in [0.2, 0.25) is 5.91 Å². The van der Waals surface area contributed by atoms with Crippen molar-refractivity contribution in [3.8, 4) is 0 Å². The lowest BCUT2D eigenvalue weighted by atomic mass is 9.97. The van der Waals surface area contributed by atoms with Crippen LogP contribution in [-0.2, 0) is 11.3 Å². The summed E-state index contributed by atoms with van der Waals surface area (Å²) in [6.07, 6.45) is 4.19. The van der Waals surface area contributed by atoms with Gasteiger partial charge in [0.1, 0.15) is 0 Å². The number of anilines is 2. The van der Waals surface area contributed by atoms with Crippen LogP contribution in [0.5, 0.6) is 0 Å². The van der Waals surface area contributed by atoms with E-state index in [2.05, 4.69) is 29.1 Å². The number of benzene rings is 2. The van der Waals surface area contributed by atoms with Crippen molar-refractivity contribution in [3.05, 3.63) is 59.7 Å². The van der Waals surface area contributed by atoms with Crippen LogP contribution in [0.1, 0.15) is 48.5 Å². The third-order valence-electron chi connectivity index (χ3n) is 5.94. The van der Waals surface area contributed by atoms with Gasteiger partial charge in [-0.15, -0.1) is 0 Å². The monoisotopic (exact) mass is 422 g/mol. The minimum atomic E-state index is -0.205. The molecule has 1 aliphatic rings. The number of amides is 2. The molecule has 1 aliphatic heterocycles. The van der Waals surface area contributed by atoms with Crippen molar-refractivity contribution in [2.75, 3.05) is 36.9 Å². The number of likely N-dealkylation sites (tertiary alicyclic amines) is 1. The molecule has 6 heteroatoms. The molecule has 1 heterocycles. The number of rotatable bonds is 9. The van der Waals surface area contributed by atoms with Gasteiger partial charge in [-0.2, -0.15) is 0 Å². The van der Waals surface area contributed by atoms with Crippen molar-refractivity contribution in [3.63, 3.8) is 0 Å². The highest BCUT2D eigenvalue weighted by atomic mass is 16.2. The maximum Gasteiger partial charge on any atom is 0.255 e. The van der Waals surface area contributed by atoms with Crippen molar-refractivity contribution >= 4 is 23.2 Å². The Labute approximate surface area is 185 Å². The molecule has 1 atom stereocenters. The minimum absolute atomic E-state index is 0.0508. The molecule has 2 aromatic rings. The second-order valence-corrected chi connectivity index (χ2v) is 8.45. The van der Waals surface area contributed by atoms with Gasteiger partial charge in [0, 0.05) is 43.6 Å². The summed E-state index contributed by atoms with van der Waals surface area (Å²) in [5.41, 5.74) is 9.15. The Hall–Kier alpha value is -2.86. The van der Waals surface area contributed by atoms with E-state index in [-0.39, 0.29) is 17.7 Å². The van der Waals surface area contributed by atoms with Crippen LogP contribution in [0.3, 0.4) is 0 Å². The number of primary amides is 1. The quantitative estimate of drug-likeness (QED) is 0.643. The smallest absolute Gasteiger partial charge is 0.255 e. The van der Waals surface area contributed by atoms with E-state index < -0.39 is 0 Å². The lowest BCUT2D eigenvalue weighted by molar-refractivity contribution is -0.123. The lowest BCUT2D eigenvalue weighted by Crippen LogP contribution is -2.40. The molecule has 0 saturated carbocycles. The van der Waals surface area contributed by atoms with E-state index in [1.807, 2.05) is 48.5 Å². The van der Waals surface area contributed by atoms with Gasteiger partial charge in [-0.1, -0.05) is 25.5 Å². The molecule has 0 spiro atoms. The van der Waals surface area contributed by atoms with Gasteiger partial charge in [-0.05, 0) is 67.8 Å². The van der Waals surface area contributed by atoms with E-state index >= 15 is 0 Å². The predicted molar refractivity (Wildman–Crippen MR) is 126 cm³/mol. The Morgan fingerprint density at radius 2 is 1.84 bits per heavy atom. The summed E-state index contributed by atoms with van der Waals surface area (Å²) in [6, 6.07) is 15.6. The number of carbonyl (C=O) groups excluding carboxylic acids is 2. The molecule has 3 rings (SSSR count). The first-order chi connectivity index (χ1) is 15.0. The van der Waals surface area contributed by atoms with Gasteiger partial charge in [0.05, 0.1) is 5.92 Å². The van der Waals surface area contributed by atoms with E-state index in [4.69, 9.17) is 5.73 Å². The van der Waals surface area contributed by atoms with Crippen LogP contribution in [0.4, 0.5) is 11.4 Å². The zero-order valence-electron chi connectivity index (χ0n) is 18.6. The summed E-state index contributed by atoms with van der Waals surface area (Å²) in [4.78, 5) is 28.5. The van der Waals surface area contributed by atoms with Crippen molar-refractivity contribution in [1.82, 2.24) is 4.90 Å². The first kappa shape index (κ1) is 22.8. The fraction of sp³-hybridized carbons (Fsp3) is 0.440. The Kier molecular flexibility index (Phi) is 8.06. The van der Waals surface area contributed by atoms with E-state index in [9.17, 15) is 9.59 Å². The summed E-state index contributed by atoms with van der Waals surface area (Å²) < 4.78 is 0. The molecule has 1 unspecified atom stereocenters. The number of unbranched alkanes of at least 4 members (excludes halogenated alkanes) is 1. The number of nitrogens with one attached hydrogen (secondary N) is 1. The number of hydrogen-bond acceptors (Lipinski definition) is 4. The van der Waals surface area contributed by atoms with Gasteiger partial charge >= 0.3 is 0 Å².